The van der Waals surface area contributed by atoms with E-state index in [0.29, 0.717) is 12.2 Å². The Bertz CT molecular complexity index is 362. The molecule has 0 bridgehead atoms. The Morgan fingerprint density at radius 1 is 1.20 bits per heavy atom. The topological polar surface area (TPSA) is 58.2 Å². The van der Waals surface area contributed by atoms with Gasteiger partial charge in [-0.05, 0) is 31.2 Å². The van der Waals surface area contributed by atoms with Crippen molar-refractivity contribution in [3.05, 3.63) is 28.7 Å². The average molecular weight is 271 g/mol. The third-order valence-electron chi connectivity index (χ3n) is 1.65. The zero-order chi connectivity index (χ0) is 11.3. The van der Waals surface area contributed by atoms with Gasteiger partial charge < -0.3 is 10.6 Å². The molecule has 15 heavy (non-hydrogen) atoms. The van der Waals surface area contributed by atoms with E-state index in [1.54, 1.807) is 31.2 Å². The number of likely N-dealkylation sites (N-methyl/N-ethyl adjacent to an activating group) is 1. The normalized spacial score (nSPS) is 9.47. The highest BCUT2D eigenvalue weighted by molar-refractivity contribution is 9.10. The summed E-state index contributed by atoms with van der Waals surface area (Å²) in [5.74, 6) is -1.28. The summed E-state index contributed by atoms with van der Waals surface area (Å²) < 4.78 is 0.915. The summed E-state index contributed by atoms with van der Waals surface area (Å²) in [7, 11) is 0. The molecule has 0 atom stereocenters. The molecule has 0 spiro atoms. The number of rotatable bonds is 2. The van der Waals surface area contributed by atoms with E-state index < -0.39 is 11.8 Å². The maximum Gasteiger partial charge on any atom is 0.313 e. The summed E-state index contributed by atoms with van der Waals surface area (Å²) in [5.41, 5.74) is 0.592. The van der Waals surface area contributed by atoms with Crippen LogP contribution in [-0.4, -0.2) is 18.4 Å². The Balaban J connectivity index is 2.58. The number of carbonyl (C=O) groups excluding carboxylic acids is 2. The lowest BCUT2D eigenvalue weighted by atomic mass is 10.3. The minimum absolute atomic E-state index is 0.437. The van der Waals surface area contributed by atoms with Gasteiger partial charge in [0.05, 0.1) is 0 Å². The van der Waals surface area contributed by atoms with Crippen molar-refractivity contribution in [1.82, 2.24) is 5.32 Å². The van der Waals surface area contributed by atoms with Crippen molar-refractivity contribution in [2.45, 2.75) is 6.92 Å². The zero-order valence-corrected chi connectivity index (χ0v) is 9.80. The molecule has 0 unspecified atom stereocenters. The molecule has 1 aromatic rings. The first kappa shape index (κ1) is 11.7. The fourth-order valence-corrected chi connectivity index (χ4v) is 1.23. The van der Waals surface area contributed by atoms with E-state index in [1.807, 2.05) is 0 Å². The van der Waals surface area contributed by atoms with Gasteiger partial charge in [0.25, 0.3) is 0 Å². The van der Waals surface area contributed by atoms with Gasteiger partial charge in [-0.2, -0.15) is 0 Å². The fourth-order valence-electron chi connectivity index (χ4n) is 0.962. The van der Waals surface area contributed by atoms with Crippen molar-refractivity contribution in [3.63, 3.8) is 0 Å². The van der Waals surface area contributed by atoms with Crippen LogP contribution in [0.15, 0.2) is 28.7 Å². The van der Waals surface area contributed by atoms with Crippen LogP contribution in [0.5, 0.6) is 0 Å². The summed E-state index contributed by atoms with van der Waals surface area (Å²) >= 11 is 3.27. The van der Waals surface area contributed by atoms with Gasteiger partial charge in [0.15, 0.2) is 0 Å². The van der Waals surface area contributed by atoms with Crippen molar-refractivity contribution >= 4 is 33.4 Å². The van der Waals surface area contributed by atoms with Crippen molar-refractivity contribution in [1.29, 1.82) is 0 Å². The lowest BCUT2D eigenvalue weighted by molar-refractivity contribution is -0.136. The SMILES string of the molecule is CCNC(=O)C(=O)Nc1ccc(Br)cc1. The maximum absolute atomic E-state index is 11.3. The van der Waals surface area contributed by atoms with Crippen molar-refractivity contribution in [2.24, 2.45) is 0 Å². The Labute approximate surface area is 96.2 Å². The smallest absolute Gasteiger partial charge is 0.313 e. The largest absolute Gasteiger partial charge is 0.348 e. The van der Waals surface area contributed by atoms with Crippen molar-refractivity contribution < 1.29 is 9.59 Å². The number of hydrogen-bond donors (Lipinski definition) is 2. The van der Waals surface area contributed by atoms with E-state index in [0.717, 1.165) is 4.47 Å². The van der Waals surface area contributed by atoms with Gasteiger partial charge in [0.2, 0.25) is 0 Å². The minimum Gasteiger partial charge on any atom is -0.348 e. The molecule has 1 rings (SSSR count). The molecule has 0 heterocycles. The van der Waals surface area contributed by atoms with Gasteiger partial charge in [0, 0.05) is 16.7 Å². The predicted molar refractivity (Wildman–Crippen MR) is 61.5 cm³/mol. The summed E-state index contributed by atoms with van der Waals surface area (Å²) in [6.45, 7) is 2.19. The molecule has 5 heteroatoms. The van der Waals surface area contributed by atoms with Crippen LogP contribution in [0.1, 0.15) is 6.92 Å². The van der Waals surface area contributed by atoms with E-state index in [1.165, 1.54) is 0 Å². The first-order chi connectivity index (χ1) is 7.13. The molecule has 4 nitrogen and oxygen atoms in total. The van der Waals surface area contributed by atoms with Crippen LogP contribution in [0, 0.1) is 0 Å². The van der Waals surface area contributed by atoms with E-state index >= 15 is 0 Å². The first-order valence-electron chi connectivity index (χ1n) is 4.48. The van der Waals surface area contributed by atoms with Crippen LogP contribution >= 0.6 is 15.9 Å². The zero-order valence-electron chi connectivity index (χ0n) is 8.21. The van der Waals surface area contributed by atoms with Crippen LogP contribution in [-0.2, 0) is 9.59 Å². The second-order valence-electron chi connectivity index (χ2n) is 2.82. The standard InChI is InChI=1S/C10H11BrN2O2/c1-2-12-9(14)10(15)13-8-5-3-7(11)4-6-8/h3-6H,2H2,1H3,(H,12,14)(H,13,15). The molecular weight excluding hydrogens is 260 g/mol. The van der Waals surface area contributed by atoms with Gasteiger partial charge in [-0.1, -0.05) is 15.9 Å². The maximum atomic E-state index is 11.3. The Hall–Kier alpha value is -1.36. The number of hydrogen-bond acceptors (Lipinski definition) is 2. The van der Waals surface area contributed by atoms with Crippen LogP contribution < -0.4 is 10.6 Å². The molecular formula is C10H11BrN2O2. The second-order valence-corrected chi connectivity index (χ2v) is 3.74. The van der Waals surface area contributed by atoms with Gasteiger partial charge in [-0.25, -0.2) is 0 Å². The highest BCUT2D eigenvalue weighted by atomic mass is 79.9. The molecule has 80 valence electrons. The van der Waals surface area contributed by atoms with Crippen molar-refractivity contribution in [3.8, 4) is 0 Å². The number of nitrogens with one attached hydrogen (secondary N) is 2. The summed E-state index contributed by atoms with van der Waals surface area (Å²) in [6, 6.07) is 6.99. The molecule has 0 fully saturated rings. The van der Waals surface area contributed by atoms with E-state index in [2.05, 4.69) is 26.6 Å². The highest BCUT2D eigenvalue weighted by Gasteiger charge is 2.11. The van der Waals surface area contributed by atoms with Gasteiger partial charge in [-0.3, -0.25) is 9.59 Å². The second kappa shape index (κ2) is 5.50. The Morgan fingerprint density at radius 2 is 1.80 bits per heavy atom. The first-order valence-corrected chi connectivity index (χ1v) is 5.27. The number of halogens is 1. The summed E-state index contributed by atoms with van der Waals surface area (Å²) in [5, 5.41) is 4.90. The number of carbonyl (C=O) groups is 2. The highest BCUT2D eigenvalue weighted by Crippen LogP contribution is 2.13. The van der Waals surface area contributed by atoms with Crippen LogP contribution in [0.25, 0.3) is 0 Å². The van der Waals surface area contributed by atoms with E-state index in [4.69, 9.17) is 0 Å². The minimum atomic E-state index is -0.654. The van der Waals surface area contributed by atoms with E-state index in [9.17, 15) is 9.59 Å². The van der Waals surface area contributed by atoms with Crippen LogP contribution in [0.2, 0.25) is 0 Å². The quantitative estimate of drug-likeness (QED) is 0.801. The van der Waals surface area contributed by atoms with Gasteiger partial charge >= 0.3 is 11.8 Å². The number of benzene rings is 1. The number of anilines is 1. The lowest BCUT2D eigenvalue weighted by Gasteiger charge is -2.04. The molecule has 2 N–H and O–H groups in total. The number of amides is 2. The van der Waals surface area contributed by atoms with Crippen LogP contribution in [0.3, 0.4) is 0 Å². The van der Waals surface area contributed by atoms with Crippen LogP contribution in [0.4, 0.5) is 5.69 Å². The molecule has 1 aromatic carbocycles. The molecule has 0 radical (unpaired) electrons. The summed E-state index contributed by atoms with van der Waals surface area (Å²) in [4.78, 5) is 22.3. The molecule has 0 saturated carbocycles. The average Bonchev–Trinajstić information content (AvgIpc) is 2.22. The molecule has 0 aliphatic rings. The van der Waals surface area contributed by atoms with E-state index in [-0.39, 0.29) is 0 Å². The van der Waals surface area contributed by atoms with Gasteiger partial charge in [-0.15, -0.1) is 0 Å². The van der Waals surface area contributed by atoms with Crippen molar-refractivity contribution in [2.75, 3.05) is 11.9 Å². The predicted octanol–water partition coefficient (Wildman–Crippen LogP) is 1.52. The Kier molecular flexibility index (Phi) is 4.30. The molecule has 0 aliphatic heterocycles. The molecule has 0 aliphatic carbocycles. The third kappa shape index (κ3) is 3.71. The fraction of sp³-hybridized carbons (Fsp3) is 0.200. The third-order valence-corrected chi connectivity index (χ3v) is 2.17. The molecule has 0 aromatic heterocycles. The molecule has 2 amide bonds. The molecule has 0 saturated heterocycles. The van der Waals surface area contributed by atoms with Gasteiger partial charge in [0.1, 0.15) is 0 Å². The Morgan fingerprint density at radius 3 is 2.33 bits per heavy atom. The summed E-state index contributed by atoms with van der Waals surface area (Å²) in [6.07, 6.45) is 0. The monoisotopic (exact) mass is 270 g/mol. The lowest BCUT2D eigenvalue weighted by Crippen LogP contribution is -2.35.